The first-order valence-electron chi connectivity index (χ1n) is 10.5. The fourth-order valence-electron chi connectivity index (χ4n) is 4.38. The number of carbonyl (C=O) groups excluding carboxylic acids is 1. The molecule has 1 saturated heterocycles. The predicted octanol–water partition coefficient (Wildman–Crippen LogP) is 4.63. The molecule has 1 aliphatic heterocycles. The van der Waals surface area contributed by atoms with E-state index in [1.54, 1.807) is 11.3 Å². The molecule has 1 amide bonds. The van der Waals surface area contributed by atoms with Crippen molar-refractivity contribution < 1.29 is 9.32 Å². The van der Waals surface area contributed by atoms with E-state index in [2.05, 4.69) is 40.5 Å². The number of hydrogen-bond acceptors (Lipinski definition) is 5. The summed E-state index contributed by atoms with van der Waals surface area (Å²) in [5.74, 6) is 1.51. The maximum Gasteiger partial charge on any atom is 0.268 e. The summed E-state index contributed by atoms with van der Waals surface area (Å²) in [6.45, 7) is 1.47. The van der Waals surface area contributed by atoms with Crippen molar-refractivity contribution in [3.05, 3.63) is 58.2 Å². The van der Waals surface area contributed by atoms with Gasteiger partial charge in [0.2, 0.25) is 5.91 Å². The molecular weight excluding hydrogens is 382 g/mol. The SMILES string of the molecule is O=C1CC(c2noc(-c3cc4c(s3)CCCC4)n2)CN1CCCc1ccccc1. The van der Waals surface area contributed by atoms with Crippen molar-refractivity contribution in [1.29, 1.82) is 0 Å². The van der Waals surface area contributed by atoms with Gasteiger partial charge in [-0.2, -0.15) is 4.98 Å². The number of thiophene rings is 1. The number of fused-ring (bicyclic) bond motifs is 1. The molecule has 150 valence electrons. The zero-order valence-electron chi connectivity index (χ0n) is 16.5. The summed E-state index contributed by atoms with van der Waals surface area (Å²) in [5, 5.41) is 4.22. The second-order valence-electron chi connectivity index (χ2n) is 8.05. The Morgan fingerprint density at radius 2 is 2.03 bits per heavy atom. The smallest absolute Gasteiger partial charge is 0.268 e. The third kappa shape index (κ3) is 3.99. The molecule has 1 unspecified atom stereocenters. The summed E-state index contributed by atoms with van der Waals surface area (Å²) < 4.78 is 5.57. The minimum absolute atomic E-state index is 0.0336. The van der Waals surface area contributed by atoms with E-state index < -0.39 is 0 Å². The van der Waals surface area contributed by atoms with Crippen molar-refractivity contribution in [2.75, 3.05) is 13.1 Å². The van der Waals surface area contributed by atoms with E-state index in [1.807, 2.05) is 11.0 Å². The zero-order valence-corrected chi connectivity index (χ0v) is 17.3. The summed E-state index contributed by atoms with van der Waals surface area (Å²) in [5.41, 5.74) is 2.76. The van der Waals surface area contributed by atoms with Gasteiger partial charge in [0.25, 0.3) is 5.89 Å². The zero-order chi connectivity index (χ0) is 19.6. The fourth-order valence-corrected chi connectivity index (χ4v) is 5.55. The Labute approximate surface area is 174 Å². The van der Waals surface area contributed by atoms with Gasteiger partial charge in [0.05, 0.1) is 4.88 Å². The fraction of sp³-hybridized carbons (Fsp3) is 0.435. The number of carbonyl (C=O) groups is 1. The molecule has 29 heavy (non-hydrogen) atoms. The van der Waals surface area contributed by atoms with Crippen molar-refractivity contribution in [3.63, 3.8) is 0 Å². The molecule has 1 fully saturated rings. The molecule has 3 aromatic rings. The number of benzene rings is 1. The summed E-state index contributed by atoms with van der Waals surface area (Å²) in [4.78, 5) is 21.6. The summed E-state index contributed by atoms with van der Waals surface area (Å²) >= 11 is 1.78. The molecule has 1 aliphatic carbocycles. The predicted molar refractivity (Wildman–Crippen MR) is 113 cm³/mol. The molecule has 6 heteroatoms. The number of aryl methyl sites for hydroxylation is 3. The van der Waals surface area contributed by atoms with E-state index in [4.69, 9.17) is 4.52 Å². The number of hydrogen-bond donors (Lipinski definition) is 0. The highest BCUT2D eigenvalue weighted by Gasteiger charge is 2.33. The van der Waals surface area contributed by atoms with Crippen LogP contribution < -0.4 is 0 Å². The van der Waals surface area contributed by atoms with Crippen LogP contribution in [0.1, 0.15) is 53.4 Å². The van der Waals surface area contributed by atoms with E-state index in [0.29, 0.717) is 24.7 Å². The highest BCUT2D eigenvalue weighted by atomic mass is 32.1. The van der Waals surface area contributed by atoms with Crippen LogP contribution in [0, 0.1) is 0 Å². The van der Waals surface area contributed by atoms with Gasteiger partial charge in [-0.15, -0.1) is 11.3 Å². The van der Waals surface area contributed by atoms with Crippen molar-refractivity contribution in [3.8, 4) is 10.8 Å². The van der Waals surface area contributed by atoms with Crippen molar-refractivity contribution in [1.82, 2.24) is 15.0 Å². The van der Waals surface area contributed by atoms with Gasteiger partial charge in [0, 0.05) is 30.3 Å². The van der Waals surface area contributed by atoms with Crippen LogP contribution in [0.25, 0.3) is 10.8 Å². The largest absolute Gasteiger partial charge is 0.342 e. The number of rotatable bonds is 6. The Balaban J connectivity index is 1.21. The molecule has 1 atom stereocenters. The molecule has 0 spiro atoms. The number of likely N-dealkylation sites (tertiary alicyclic amines) is 1. The van der Waals surface area contributed by atoms with Crippen LogP contribution in [-0.4, -0.2) is 34.0 Å². The van der Waals surface area contributed by atoms with E-state index >= 15 is 0 Å². The highest BCUT2D eigenvalue weighted by Crippen LogP contribution is 2.36. The lowest BCUT2D eigenvalue weighted by Gasteiger charge is -2.15. The Kier molecular flexibility index (Phi) is 5.19. The minimum Gasteiger partial charge on any atom is -0.342 e. The molecule has 2 aliphatic rings. The summed E-state index contributed by atoms with van der Waals surface area (Å²) in [6, 6.07) is 12.6. The normalized spacial score (nSPS) is 19.0. The Bertz CT molecular complexity index is 971. The van der Waals surface area contributed by atoms with Gasteiger partial charge >= 0.3 is 0 Å². The molecule has 0 bridgehead atoms. The van der Waals surface area contributed by atoms with Gasteiger partial charge in [-0.25, -0.2) is 0 Å². The number of nitrogens with zero attached hydrogens (tertiary/aromatic N) is 3. The lowest BCUT2D eigenvalue weighted by molar-refractivity contribution is -0.127. The van der Waals surface area contributed by atoms with Gasteiger partial charge in [0.15, 0.2) is 5.82 Å². The van der Waals surface area contributed by atoms with Gasteiger partial charge in [-0.3, -0.25) is 4.79 Å². The maximum absolute atomic E-state index is 12.5. The Morgan fingerprint density at radius 3 is 2.90 bits per heavy atom. The molecular formula is C23H25N3O2S. The van der Waals surface area contributed by atoms with Crippen LogP contribution in [0.5, 0.6) is 0 Å². The molecule has 3 heterocycles. The average molecular weight is 408 g/mol. The first kappa shape index (κ1) is 18.6. The first-order chi connectivity index (χ1) is 14.3. The van der Waals surface area contributed by atoms with Crippen molar-refractivity contribution in [2.24, 2.45) is 0 Å². The summed E-state index contributed by atoms with van der Waals surface area (Å²) in [6.07, 6.45) is 7.30. The van der Waals surface area contributed by atoms with Gasteiger partial charge in [-0.05, 0) is 55.7 Å². The quantitative estimate of drug-likeness (QED) is 0.598. The molecule has 5 rings (SSSR count). The molecule has 0 N–H and O–H groups in total. The van der Waals surface area contributed by atoms with Gasteiger partial charge in [-0.1, -0.05) is 35.5 Å². The Morgan fingerprint density at radius 1 is 1.17 bits per heavy atom. The number of aromatic nitrogens is 2. The van der Waals surface area contributed by atoms with Crippen LogP contribution in [0.4, 0.5) is 0 Å². The van der Waals surface area contributed by atoms with Crippen LogP contribution >= 0.6 is 11.3 Å². The third-order valence-corrected chi connectivity index (χ3v) is 7.19. The van der Waals surface area contributed by atoms with E-state index in [1.165, 1.54) is 28.8 Å². The molecule has 5 nitrogen and oxygen atoms in total. The topological polar surface area (TPSA) is 59.2 Å². The van der Waals surface area contributed by atoms with E-state index in [9.17, 15) is 4.79 Å². The molecule has 2 aromatic heterocycles. The second-order valence-corrected chi connectivity index (χ2v) is 9.19. The van der Waals surface area contributed by atoms with Gasteiger partial charge < -0.3 is 9.42 Å². The molecule has 1 aromatic carbocycles. The minimum atomic E-state index is 0.0336. The van der Waals surface area contributed by atoms with Crippen molar-refractivity contribution >= 4 is 17.2 Å². The lowest BCUT2D eigenvalue weighted by Crippen LogP contribution is -2.26. The van der Waals surface area contributed by atoms with Crippen LogP contribution in [0.3, 0.4) is 0 Å². The third-order valence-electron chi connectivity index (χ3n) is 5.97. The monoisotopic (exact) mass is 407 g/mol. The molecule has 0 radical (unpaired) electrons. The molecule has 0 saturated carbocycles. The standard InChI is InChI=1S/C23H25N3O2S/c27-21-14-18(15-26(21)12-6-9-16-7-2-1-3-8-16)22-24-23(28-25-22)20-13-17-10-4-5-11-19(17)29-20/h1-3,7-8,13,18H,4-6,9-12,14-15H2. The van der Waals surface area contributed by atoms with Crippen LogP contribution in [0.15, 0.2) is 40.9 Å². The van der Waals surface area contributed by atoms with Gasteiger partial charge in [0.1, 0.15) is 0 Å². The van der Waals surface area contributed by atoms with Crippen LogP contribution in [0.2, 0.25) is 0 Å². The Hall–Kier alpha value is -2.47. The summed E-state index contributed by atoms with van der Waals surface area (Å²) in [7, 11) is 0. The maximum atomic E-state index is 12.5. The van der Waals surface area contributed by atoms with E-state index in [-0.39, 0.29) is 11.8 Å². The van der Waals surface area contributed by atoms with Crippen LogP contribution in [-0.2, 0) is 24.1 Å². The highest BCUT2D eigenvalue weighted by molar-refractivity contribution is 7.15. The average Bonchev–Trinajstić information content (AvgIpc) is 3.47. The van der Waals surface area contributed by atoms with E-state index in [0.717, 1.165) is 37.1 Å². The lowest BCUT2D eigenvalue weighted by atomic mass is 9.99. The van der Waals surface area contributed by atoms with Crippen molar-refractivity contribution in [2.45, 2.75) is 50.9 Å². The number of amides is 1. The first-order valence-corrected chi connectivity index (χ1v) is 11.3. The second kappa shape index (κ2) is 8.11.